The Morgan fingerprint density at radius 1 is 1.19 bits per heavy atom. The van der Waals surface area contributed by atoms with Gasteiger partial charge in [0.15, 0.2) is 0 Å². The summed E-state index contributed by atoms with van der Waals surface area (Å²) in [5, 5.41) is 9.60. The van der Waals surface area contributed by atoms with Gasteiger partial charge in [0.25, 0.3) is 0 Å². The second-order valence-electron chi connectivity index (χ2n) is 5.16. The topological polar surface area (TPSA) is 75.6 Å². The molecule has 0 fully saturated rings. The first kappa shape index (κ1) is 18.2. The van der Waals surface area contributed by atoms with E-state index in [2.05, 4.69) is 16.0 Å². The SMILES string of the molecule is CSc1sc(-c2ccnc(N)n2)c(-c2ccc(C(F)(F)F)cc2)c1C#N. The maximum absolute atomic E-state index is 12.8. The third-order valence-corrected chi connectivity index (χ3v) is 5.91. The molecule has 3 aromatic rings. The van der Waals surface area contributed by atoms with Crippen LogP contribution in [0.5, 0.6) is 0 Å². The van der Waals surface area contributed by atoms with E-state index < -0.39 is 11.7 Å². The van der Waals surface area contributed by atoms with Crippen molar-refractivity contribution in [2.75, 3.05) is 12.0 Å². The second-order valence-corrected chi connectivity index (χ2v) is 7.26. The molecule has 0 spiro atoms. The lowest BCUT2D eigenvalue weighted by Gasteiger charge is -2.09. The van der Waals surface area contributed by atoms with Crippen molar-refractivity contribution >= 4 is 29.0 Å². The molecule has 0 aliphatic heterocycles. The van der Waals surface area contributed by atoms with E-state index in [1.807, 2.05) is 6.26 Å². The Balaban J connectivity index is 2.22. The summed E-state index contributed by atoms with van der Waals surface area (Å²) in [6, 6.07) is 8.55. The van der Waals surface area contributed by atoms with Crippen LogP contribution in [0, 0.1) is 11.3 Å². The van der Waals surface area contributed by atoms with Crippen LogP contribution in [0.4, 0.5) is 19.1 Å². The Kier molecular flexibility index (Phi) is 4.89. The molecule has 0 radical (unpaired) electrons. The fraction of sp³-hybridized carbons (Fsp3) is 0.118. The minimum atomic E-state index is -4.42. The van der Waals surface area contributed by atoms with Crippen LogP contribution >= 0.6 is 23.1 Å². The van der Waals surface area contributed by atoms with Crippen molar-refractivity contribution in [1.29, 1.82) is 5.26 Å². The number of nitrogens with two attached hydrogens (primary N) is 1. The van der Waals surface area contributed by atoms with Crippen molar-refractivity contribution < 1.29 is 13.2 Å². The highest BCUT2D eigenvalue weighted by atomic mass is 32.2. The van der Waals surface area contributed by atoms with E-state index in [-0.39, 0.29) is 5.95 Å². The van der Waals surface area contributed by atoms with Gasteiger partial charge in [0.1, 0.15) is 6.07 Å². The maximum Gasteiger partial charge on any atom is 0.416 e. The highest BCUT2D eigenvalue weighted by Gasteiger charge is 2.30. The Morgan fingerprint density at radius 3 is 2.42 bits per heavy atom. The number of rotatable bonds is 3. The van der Waals surface area contributed by atoms with E-state index in [1.54, 1.807) is 6.07 Å². The lowest BCUT2D eigenvalue weighted by Crippen LogP contribution is -2.04. The number of hydrogen-bond donors (Lipinski definition) is 1. The lowest BCUT2D eigenvalue weighted by molar-refractivity contribution is -0.137. The highest BCUT2D eigenvalue weighted by molar-refractivity contribution is 8.00. The number of halogens is 3. The lowest BCUT2D eigenvalue weighted by atomic mass is 9.99. The molecule has 0 aliphatic carbocycles. The highest BCUT2D eigenvalue weighted by Crippen LogP contribution is 2.46. The molecule has 0 saturated carbocycles. The van der Waals surface area contributed by atoms with Crippen molar-refractivity contribution in [1.82, 2.24) is 9.97 Å². The van der Waals surface area contributed by atoms with Gasteiger partial charge in [-0.2, -0.15) is 18.4 Å². The molecule has 9 heteroatoms. The van der Waals surface area contributed by atoms with Gasteiger partial charge in [0, 0.05) is 11.8 Å². The van der Waals surface area contributed by atoms with Crippen LogP contribution in [0.1, 0.15) is 11.1 Å². The van der Waals surface area contributed by atoms with Crippen molar-refractivity contribution in [2.24, 2.45) is 0 Å². The molecule has 0 unspecified atom stereocenters. The standard InChI is InChI=1S/C17H11F3N4S2/c1-25-15-11(8-21)13(9-2-4-10(5-3-9)17(18,19)20)14(26-15)12-6-7-23-16(22)24-12/h2-7H,1H3,(H2,22,23,24). The number of nitrogens with zero attached hydrogens (tertiary/aromatic N) is 3. The first-order valence-electron chi connectivity index (χ1n) is 7.22. The zero-order valence-corrected chi connectivity index (χ0v) is 15.0. The van der Waals surface area contributed by atoms with Gasteiger partial charge in [-0.3, -0.25) is 0 Å². The quantitative estimate of drug-likeness (QED) is 0.630. The molecule has 26 heavy (non-hydrogen) atoms. The second kappa shape index (κ2) is 6.97. The average molecular weight is 392 g/mol. The molecular formula is C17H11F3N4S2. The molecule has 132 valence electrons. The Morgan fingerprint density at radius 2 is 1.88 bits per heavy atom. The van der Waals surface area contributed by atoms with E-state index in [1.165, 1.54) is 41.4 Å². The van der Waals surface area contributed by atoms with Crippen LogP contribution < -0.4 is 5.73 Å². The van der Waals surface area contributed by atoms with Crippen molar-refractivity contribution in [2.45, 2.75) is 10.4 Å². The summed E-state index contributed by atoms with van der Waals surface area (Å²) in [6.07, 6.45) is -1.08. The molecule has 0 bridgehead atoms. The molecule has 0 saturated heterocycles. The number of nitriles is 1. The number of hydrogen-bond acceptors (Lipinski definition) is 6. The molecule has 3 rings (SSSR count). The summed E-state index contributed by atoms with van der Waals surface area (Å²) < 4.78 is 39.3. The summed E-state index contributed by atoms with van der Waals surface area (Å²) in [7, 11) is 0. The number of thioether (sulfide) groups is 1. The monoisotopic (exact) mass is 392 g/mol. The fourth-order valence-corrected chi connectivity index (χ4v) is 4.35. The summed E-state index contributed by atoms with van der Waals surface area (Å²) in [4.78, 5) is 8.71. The van der Waals surface area contributed by atoms with E-state index in [0.717, 1.165) is 16.3 Å². The maximum atomic E-state index is 12.8. The largest absolute Gasteiger partial charge is 0.416 e. The van der Waals surface area contributed by atoms with Crippen LogP contribution in [0.15, 0.2) is 40.7 Å². The predicted molar refractivity (Wildman–Crippen MR) is 96.7 cm³/mol. The number of anilines is 1. The Bertz CT molecular complexity index is 989. The Labute approximate surface area is 155 Å². The van der Waals surface area contributed by atoms with Crippen LogP contribution in [0.2, 0.25) is 0 Å². The van der Waals surface area contributed by atoms with Gasteiger partial charge >= 0.3 is 6.18 Å². The van der Waals surface area contributed by atoms with Crippen LogP contribution in [-0.2, 0) is 6.18 Å². The van der Waals surface area contributed by atoms with Gasteiger partial charge in [-0.25, -0.2) is 9.97 Å². The molecule has 4 nitrogen and oxygen atoms in total. The van der Waals surface area contributed by atoms with Gasteiger partial charge < -0.3 is 5.73 Å². The third-order valence-electron chi connectivity index (χ3n) is 3.58. The van der Waals surface area contributed by atoms with Crippen LogP contribution in [0.3, 0.4) is 0 Å². The number of alkyl halides is 3. The molecule has 0 aliphatic rings. The first-order chi connectivity index (χ1) is 12.3. The van der Waals surface area contributed by atoms with Crippen molar-refractivity contribution in [3.05, 3.63) is 47.7 Å². The normalized spacial score (nSPS) is 11.3. The number of thiophene rings is 1. The third kappa shape index (κ3) is 3.38. The molecule has 0 atom stereocenters. The van der Waals surface area contributed by atoms with Crippen LogP contribution in [0.25, 0.3) is 21.7 Å². The molecule has 2 aromatic heterocycles. The summed E-state index contributed by atoms with van der Waals surface area (Å²) in [6.45, 7) is 0. The van der Waals surface area contributed by atoms with E-state index >= 15 is 0 Å². The number of benzene rings is 1. The molecule has 0 amide bonds. The summed E-state index contributed by atoms with van der Waals surface area (Å²) in [5.74, 6) is 0.0819. The van der Waals surface area contributed by atoms with Gasteiger partial charge in [-0.1, -0.05) is 12.1 Å². The van der Waals surface area contributed by atoms with Gasteiger partial charge in [-0.05, 0) is 30.0 Å². The molecule has 2 heterocycles. The zero-order valence-electron chi connectivity index (χ0n) is 13.3. The summed E-state index contributed by atoms with van der Waals surface area (Å²) >= 11 is 2.75. The minimum Gasteiger partial charge on any atom is -0.368 e. The smallest absolute Gasteiger partial charge is 0.368 e. The fourth-order valence-electron chi connectivity index (χ4n) is 2.44. The van der Waals surface area contributed by atoms with E-state index in [0.29, 0.717) is 27.3 Å². The number of nitrogen functional groups attached to an aromatic ring is 1. The van der Waals surface area contributed by atoms with E-state index in [4.69, 9.17) is 5.73 Å². The zero-order chi connectivity index (χ0) is 18.9. The van der Waals surface area contributed by atoms with Crippen LogP contribution in [-0.4, -0.2) is 16.2 Å². The first-order valence-corrected chi connectivity index (χ1v) is 9.26. The molecule has 1 aromatic carbocycles. The number of aromatic nitrogens is 2. The van der Waals surface area contributed by atoms with Gasteiger partial charge in [0.05, 0.1) is 25.9 Å². The predicted octanol–water partition coefficient (Wildman–Crippen LogP) is 5.07. The van der Waals surface area contributed by atoms with Gasteiger partial charge in [-0.15, -0.1) is 23.1 Å². The van der Waals surface area contributed by atoms with Gasteiger partial charge in [0.2, 0.25) is 5.95 Å². The molecular weight excluding hydrogens is 381 g/mol. The minimum absolute atomic E-state index is 0.0819. The molecule has 2 N–H and O–H groups in total. The summed E-state index contributed by atoms with van der Waals surface area (Å²) in [5.41, 5.74) is 6.90. The van der Waals surface area contributed by atoms with Crippen molar-refractivity contribution in [3.63, 3.8) is 0 Å². The van der Waals surface area contributed by atoms with Crippen molar-refractivity contribution in [3.8, 4) is 27.8 Å². The van der Waals surface area contributed by atoms with E-state index in [9.17, 15) is 18.4 Å². The average Bonchev–Trinajstić information content (AvgIpc) is 2.99. The Hall–Kier alpha value is -2.57.